The lowest BCUT2D eigenvalue weighted by Gasteiger charge is -2.28. The van der Waals surface area contributed by atoms with E-state index in [-0.39, 0.29) is 12.5 Å². The third-order valence-electron chi connectivity index (χ3n) is 4.57. The van der Waals surface area contributed by atoms with Crippen LogP contribution in [-0.2, 0) is 6.42 Å². The van der Waals surface area contributed by atoms with Crippen LogP contribution in [0.25, 0.3) is 0 Å². The number of alkyl halides is 1. The smallest absolute Gasteiger partial charge is 0.222 e. The van der Waals surface area contributed by atoms with Crippen LogP contribution in [0.2, 0.25) is 5.02 Å². The minimum Gasteiger partial charge on any atom is -0.489 e. The predicted molar refractivity (Wildman–Crippen MR) is 105 cm³/mol. The number of aromatic nitrogens is 2. The Balaban J connectivity index is 1.96. The minimum atomic E-state index is 0.0185. The molecule has 8 heteroatoms. The summed E-state index contributed by atoms with van der Waals surface area (Å²) in [6.45, 7) is 0.719. The van der Waals surface area contributed by atoms with Crippen molar-refractivity contribution < 1.29 is 9.84 Å². The van der Waals surface area contributed by atoms with Gasteiger partial charge in [-0.2, -0.15) is 5.26 Å². The number of anilines is 1. The van der Waals surface area contributed by atoms with Crippen molar-refractivity contribution in [2.45, 2.75) is 25.2 Å². The van der Waals surface area contributed by atoms with Crippen LogP contribution in [0.5, 0.6) is 5.75 Å². The van der Waals surface area contributed by atoms with E-state index < -0.39 is 0 Å². The van der Waals surface area contributed by atoms with Crippen molar-refractivity contribution in [2.75, 3.05) is 31.0 Å². The predicted octanol–water partition coefficient (Wildman–Crippen LogP) is 3.49. The first kappa shape index (κ1) is 19.7. The van der Waals surface area contributed by atoms with E-state index in [1.165, 1.54) is 0 Å². The summed E-state index contributed by atoms with van der Waals surface area (Å²) < 4.78 is 5.63. The molecule has 1 aliphatic rings. The molecule has 0 bridgehead atoms. The molecule has 1 unspecified atom stereocenters. The largest absolute Gasteiger partial charge is 0.489 e. The third-order valence-corrected chi connectivity index (χ3v) is 5.12. The number of aliphatic hydroxyl groups is 1. The van der Waals surface area contributed by atoms with Crippen LogP contribution < -0.4 is 10.1 Å². The summed E-state index contributed by atoms with van der Waals surface area (Å²) in [7, 11) is 0. The van der Waals surface area contributed by atoms with Gasteiger partial charge in [-0.25, -0.2) is 9.97 Å². The van der Waals surface area contributed by atoms with E-state index in [0.717, 1.165) is 36.0 Å². The van der Waals surface area contributed by atoms with Crippen molar-refractivity contribution in [2.24, 2.45) is 0 Å². The normalized spacial score (nSPS) is 15.7. The molecule has 1 aliphatic carbocycles. The Hall–Kier alpha value is -2.07. The van der Waals surface area contributed by atoms with Gasteiger partial charge in [0, 0.05) is 24.9 Å². The summed E-state index contributed by atoms with van der Waals surface area (Å²) in [6.07, 6.45) is 6.31. The van der Waals surface area contributed by atoms with Crippen LogP contribution in [0.15, 0.2) is 18.5 Å². The molecule has 0 saturated carbocycles. The van der Waals surface area contributed by atoms with E-state index in [1.54, 1.807) is 12.4 Å². The van der Waals surface area contributed by atoms with Crippen molar-refractivity contribution >= 4 is 29.2 Å². The molecule has 3 rings (SSSR count). The van der Waals surface area contributed by atoms with Gasteiger partial charge < -0.3 is 15.2 Å². The van der Waals surface area contributed by atoms with Crippen molar-refractivity contribution in [1.82, 2.24) is 9.97 Å². The van der Waals surface area contributed by atoms with Gasteiger partial charge in [-0.1, -0.05) is 11.6 Å². The summed E-state index contributed by atoms with van der Waals surface area (Å²) >= 11 is 12.3. The van der Waals surface area contributed by atoms with Gasteiger partial charge in [-0.15, -0.1) is 11.6 Å². The van der Waals surface area contributed by atoms with Gasteiger partial charge in [-0.3, -0.25) is 0 Å². The fourth-order valence-electron chi connectivity index (χ4n) is 3.38. The first-order chi connectivity index (χ1) is 13.2. The maximum Gasteiger partial charge on any atom is 0.222 e. The van der Waals surface area contributed by atoms with Gasteiger partial charge in [0.15, 0.2) is 5.75 Å². The molecule has 0 saturated heterocycles. The Bertz CT molecular complexity index is 837. The summed E-state index contributed by atoms with van der Waals surface area (Å²) in [5.41, 5.74) is 3.43. The Kier molecular flexibility index (Phi) is 6.73. The van der Waals surface area contributed by atoms with E-state index in [1.807, 2.05) is 6.07 Å². The maximum absolute atomic E-state index is 9.54. The molecule has 1 aromatic carbocycles. The number of ether oxygens (including phenoxy) is 1. The highest BCUT2D eigenvalue weighted by atomic mass is 35.5. The van der Waals surface area contributed by atoms with Gasteiger partial charge in [0.2, 0.25) is 5.95 Å². The van der Waals surface area contributed by atoms with Crippen LogP contribution in [0.4, 0.5) is 5.95 Å². The van der Waals surface area contributed by atoms with Crippen molar-refractivity contribution in [3.05, 3.63) is 45.7 Å². The molecule has 0 fully saturated rings. The first-order valence-corrected chi connectivity index (χ1v) is 9.71. The second-order valence-corrected chi connectivity index (χ2v) is 6.98. The Morgan fingerprint density at radius 2 is 2.15 bits per heavy atom. The van der Waals surface area contributed by atoms with E-state index in [0.29, 0.717) is 41.3 Å². The van der Waals surface area contributed by atoms with Crippen LogP contribution in [0, 0.1) is 11.3 Å². The second kappa shape index (κ2) is 9.23. The summed E-state index contributed by atoms with van der Waals surface area (Å²) in [5.74, 6) is 1.30. The average Bonchev–Trinajstić information content (AvgIpc) is 2.71. The lowest BCUT2D eigenvalue weighted by atomic mass is 9.79. The third kappa shape index (κ3) is 4.27. The van der Waals surface area contributed by atoms with Gasteiger partial charge in [0.25, 0.3) is 0 Å². The fraction of sp³-hybridized carbons (Fsp3) is 0.421. The Labute approximate surface area is 168 Å². The summed E-state index contributed by atoms with van der Waals surface area (Å²) in [6, 6.07) is 4.05. The molecule has 0 amide bonds. The quantitative estimate of drug-likeness (QED) is 0.683. The number of hydrogen-bond donors (Lipinski definition) is 2. The number of fused-ring (bicyclic) bond motifs is 1. The molecule has 27 heavy (non-hydrogen) atoms. The Morgan fingerprint density at radius 3 is 2.81 bits per heavy atom. The topological polar surface area (TPSA) is 91.1 Å². The Morgan fingerprint density at radius 1 is 1.37 bits per heavy atom. The van der Waals surface area contributed by atoms with Gasteiger partial charge in [0.05, 0.1) is 23.1 Å². The molecule has 1 heterocycles. The fourth-order valence-corrected chi connectivity index (χ4v) is 3.82. The molecular formula is C19H20Cl2N4O2. The maximum atomic E-state index is 9.54. The van der Waals surface area contributed by atoms with Crippen molar-refractivity contribution in [3.63, 3.8) is 0 Å². The molecule has 0 radical (unpaired) electrons. The van der Waals surface area contributed by atoms with E-state index in [2.05, 4.69) is 21.4 Å². The van der Waals surface area contributed by atoms with Gasteiger partial charge in [0.1, 0.15) is 12.7 Å². The number of rotatable bonds is 7. The van der Waals surface area contributed by atoms with E-state index in [9.17, 15) is 5.26 Å². The minimum absolute atomic E-state index is 0.0185. The van der Waals surface area contributed by atoms with Crippen LogP contribution in [0.1, 0.15) is 41.0 Å². The summed E-state index contributed by atoms with van der Waals surface area (Å²) in [5, 5.41) is 21.9. The van der Waals surface area contributed by atoms with Crippen molar-refractivity contribution in [1.29, 1.82) is 5.26 Å². The number of nitriles is 1. The molecule has 1 atom stereocenters. The zero-order valence-electron chi connectivity index (χ0n) is 14.7. The molecule has 142 valence electrons. The highest BCUT2D eigenvalue weighted by Crippen LogP contribution is 2.44. The highest BCUT2D eigenvalue weighted by molar-refractivity contribution is 6.33. The number of nitrogens with zero attached hydrogens (tertiary/aromatic N) is 3. The van der Waals surface area contributed by atoms with Crippen molar-refractivity contribution in [3.8, 4) is 11.8 Å². The molecule has 6 nitrogen and oxygen atoms in total. The lowest BCUT2D eigenvalue weighted by Crippen LogP contribution is -2.15. The SMILES string of the molecule is N#Cc1cc2c(c(Cl)c1OCCCl)CCCC2c1cnc(NCCO)nc1. The molecule has 2 N–H and O–H groups in total. The average molecular weight is 407 g/mol. The van der Waals surface area contributed by atoms with Gasteiger partial charge in [-0.05, 0) is 42.0 Å². The number of halogens is 2. The summed E-state index contributed by atoms with van der Waals surface area (Å²) in [4.78, 5) is 8.63. The number of benzene rings is 1. The number of nitrogens with one attached hydrogen (secondary N) is 1. The van der Waals surface area contributed by atoms with E-state index in [4.69, 9.17) is 33.0 Å². The van der Waals surface area contributed by atoms with Crippen LogP contribution in [-0.4, -0.2) is 40.7 Å². The molecular weight excluding hydrogens is 387 g/mol. The second-order valence-electron chi connectivity index (χ2n) is 6.22. The lowest BCUT2D eigenvalue weighted by molar-refractivity contribution is 0.311. The van der Waals surface area contributed by atoms with Gasteiger partial charge >= 0.3 is 0 Å². The molecule has 2 aromatic rings. The van der Waals surface area contributed by atoms with E-state index >= 15 is 0 Å². The monoisotopic (exact) mass is 406 g/mol. The molecule has 1 aromatic heterocycles. The van der Waals surface area contributed by atoms with Crippen LogP contribution in [0.3, 0.4) is 0 Å². The molecule has 0 aliphatic heterocycles. The molecule has 0 spiro atoms. The highest BCUT2D eigenvalue weighted by Gasteiger charge is 2.28. The standard InChI is InChI=1S/C19H20Cl2N4O2/c20-4-7-27-18-12(9-22)8-16-14(2-1-3-15(16)17(18)21)13-10-24-19(25-11-13)23-5-6-26/h8,10-11,14,26H,1-7H2,(H,23,24,25). The van der Waals surface area contributed by atoms with Crippen LogP contribution >= 0.6 is 23.2 Å². The zero-order valence-corrected chi connectivity index (χ0v) is 16.2. The number of aliphatic hydroxyl groups excluding tert-OH is 1. The number of hydrogen-bond acceptors (Lipinski definition) is 6. The first-order valence-electron chi connectivity index (χ1n) is 8.80. The zero-order chi connectivity index (χ0) is 19.2.